The predicted molar refractivity (Wildman–Crippen MR) is 84.9 cm³/mol. The number of imidazole rings is 1. The van der Waals surface area contributed by atoms with Crippen LogP contribution >= 0.6 is 11.2 Å². The first kappa shape index (κ1) is 14.5. The van der Waals surface area contributed by atoms with Gasteiger partial charge in [-0.15, -0.1) is 11.2 Å². The molecule has 0 atom stereocenters. The van der Waals surface area contributed by atoms with Crippen LogP contribution in [0.4, 0.5) is 0 Å². The van der Waals surface area contributed by atoms with Crippen LogP contribution in [0, 0.1) is 0 Å². The van der Waals surface area contributed by atoms with Gasteiger partial charge in [-0.05, 0) is 19.6 Å². The minimum atomic E-state index is -1.71. The van der Waals surface area contributed by atoms with E-state index < -0.39 is 15.5 Å². The maximum Gasteiger partial charge on any atom is 0.244 e. The Morgan fingerprint density at radius 1 is 1.11 bits per heavy atom. The van der Waals surface area contributed by atoms with Crippen LogP contribution in [0.15, 0.2) is 11.5 Å². The van der Waals surface area contributed by atoms with Crippen molar-refractivity contribution >= 4 is 37.9 Å². The number of H-pyrrole nitrogens is 1. The number of nitrogens with zero attached hydrogens (tertiary/aromatic N) is 3. The van der Waals surface area contributed by atoms with Gasteiger partial charge in [-0.2, -0.15) is 4.98 Å². The molecule has 104 valence electrons. The Morgan fingerprint density at radius 2 is 1.79 bits per heavy atom. The molecule has 2 aromatic rings. The van der Waals surface area contributed by atoms with Gasteiger partial charge in [-0.1, -0.05) is 19.6 Å². The van der Waals surface area contributed by atoms with E-state index in [-0.39, 0.29) is 0 Å². The van der Waals surface area contributed by atoms with Gasteiger partial charge in [0, 0.05) is 0 Å². The molecule has 0 unspecified atom stereocenters. The SMILES string of the molecule is C[Si](C)(C)Oc1nc(S[Si](C)(C)C)nc2nc[nH]c12. The van der Waals surface area contributed by atoms with Gasteiger partial charge < -0.3 is 9.41 Å². The molecule has 1 N–H and O–H groups in total. The van der Waals surface area contributed by atoms with Gasteiger partial charge in [-0.25, -0.2) is 9.97 Å². The van der Waals surface area contributed by atoms with Gasteiger partial charge in [0.25, 0.3) is 0 Å². The highest BCUT2D eigenvalue weighted by molar-refractivity contribution is 8.28. The molecule has 0 aromatic carbocycles. The van der Waals surface area contributed by atoms with Gasteiger partial charge in [0.05, 0.1) is 6.33 Å². The number of nitrogens with one attached hydrogen (secondary N) is 1. The Labute approximate surface area is 119 Å². The van der Waals surface area contributed by atoms with Crippen LogP contribution in [-0.2, 0) is 0 Å². The lowest BCUT2D eigenvalue weighted by molar-refractivity contribution is 0.531. The van der Waals surface area contributed by atoms with E-state index in [4.69, 9.17) is 4.43 Å². The van der Waals surface area contributed by atoms with Crippen molar-refractivity contribution in [3.05, 3.63) is 6.33 Å². The van der Waals surface area contributed by atoms with Gasteiger partial charge in [0.15, 0.2) is 10.8 Å². The first-order chi connectivity index (χ1) is 8.64. The normalized spacial score (nSPS) is 12.9. The number of aromatic nitrogens is 4. The van der Waals surface area contributed by atoms with E-state index in [9.17, 15) is 0 Å². The van der Waals surface area contributed by atoms with E-state index in [1.807, 2.05) is 0 Å². The zero-order valence-corrected chi connectivity index (χ0v) is 15.1. The van der Waals surface area contributed by atoms with E-state index in [0.29, 0.717) is 11.5 Å². The van der Waals surface area contributed by atoms with Crippen molar-refractivity contribution in [1.29, 1.82) is 0 Å². The molecule has 8 heteroatoms. The summed E-state index contributed by atoms with van der Waals surface area (Å²) in [4.78, 5) is 16.4. The molecule has 0 fully saturated rings. The smallest absolute Gasteiger partial charge is 0.244 e. The summed E-state index contributed by atoms with van der Waals surface area (Å²) in [6, 6.07) is 0. The van der Waals surface area contributed by atoms with E-state index in [1.165, 1.54) is 0 Å². The number of aromatic amines is 1. The van der Waals surface area contributed by atoms with Crippen LogP contribution in [0.2, 0.25) is 39.3 Å². The van der Waals surface area contributed by atoms with Crippen LogP contribution in [0.25, 0.3) is 11.2 Å². The van der Waals surface area contributed by atoms with Gasteiger partial charge in [0.1, 0.15) is 12.7 Å². The number of rotatable bonds is 4. The van der Waals surface area contributed by atoms with Crippen LogP contribution in [-0.4, -0.2) is 35.5 Å². The third kappa shape index (κ3) is 4.05. The van der Waals surface area contributed by atoms with Crippen LogP contribution in [0.1, 0.15) is 0 Å². The monoisotopic (exact) mass is 312 g/mol. The van der Waals surface area contributed by atoms with Crippen molar-refractivity contribution in [3.8, 4) is 5.88 Å². The fourth-order valence-corrected chi connectivity index (χ4v) is 4.92. The molecule has 0 spiro atoms. The summed E-state index contributed by atoms with van der Waals surface area (Å²) in [6.07, 6.45) is 1.64. The molecule has 0 saturated carbocycles. The summed E-state index contributed by atoms with van der Waals surface area (Å²) in [5.74, 6) is 0.641. The molecule has 0 aliphatic rings. The Morgan fingerprint density at radius 3 is 2.37 bits per heavy atom. The average molecular weight is 313 g/mol. The molecular weight excluding hydrogens is 292 g/mol. The summed E-state index contributed by atoms with van der Waals surface area (Å²) in [7, 11) is -3.04. The van der Waals surface area contributed by atoms with Gasteiger partial charge >= 0.3 is 0 Å². The van der Waals surface area contributed by atoms with Crippen LogP contribution in [0.3, 0.4) is 0 Å². The van der Waals surface area contributed by atoms with Crippen molar-refractivity contribution in [2.45, 2.75) is 44.4 Å². The van der Waals surface area contributed by atoms with E-state index >= 15 is 0 Å². The van der Waals surface area contributed by atoms with Crippen LogP contribution < -0.4 is 4.43 Å². The first-order valence-corrected chi connectivity index (χ1v) is 14.7. The van der Waals surface area contributed by atoms with Gasteiger partial charge in [-0.3, -0.25) is 0 Å². The highest BCUT2D eigenvalue weighted by atomic mass is 32.4. The largest absolute Gasteiger partial charge is 0.530 e. The minimum Gasteiger partial charge on any atom is -0.530 e. The van der Waals surface area contributed by atoms with Gasteiger partial charge in [0.2, 0.25) is 14.2 Å². The highest BCUT2D eigenvalue weighted by Crippen LogP contribution is 2.30. The summed E-state index contributed by atoms with van der Waals surface area (Å²) >= 11 is 1.76. The average Bonchev–Trinajstić information content (AvgIpc) is 2.59. The maximum absolute atomic E-state index is 6.05. The van der Waals surface area contributed by atoms with Crippen molar-refractivity contribution in [3.63, 3.8) is 0 Å². The molecule has 0 saturated heterocycles. The molecule has 0 bridgehead atoms. The molecule has 0 aliphatic heterocycles. The lowest BCUT2D eigenvalue weighted by Crippen LogP contribution is -2.30. The quantitative estimate of drug-likeness (QED) is 0.691. The van der Waals surface area contributed by atoms with Crippen molar-refractivity contribution in [2.24, 2.45) is 0 Å². The third-order valence-corrected chi connectivity index (χ3v) is 6.20. The fourth-order valence-electron chi connectivity index (χ4n) is 1.47. The Balaban J connectivity index is 2.45. The first-order valence-electron chi connectivity index (χ1n) is 6.23. The maximum atomic E-state index is 6.05. The molecular formula is C11H20N4OSSi2. The summed E-state index contributed by atoms with van der Waals surface area (Å²) in [5, 5.41) is 0.770. The molecule has 0 radical (unpaired) electrons. The van der Waals surface area contributed by atoms with Crippen molar-refractivity contribution < 1.29 is 4.43 Å². The Hall–Kier alpha value is -0.866. The second-order valence-corrected chi connectivity index (χ2v) is 19.9. The number of hydrogen-bond acceptors (Lipinski definition) is 5. The highest BCUT2D eigenvalue weighted by Gasteiger charge is 2.23. The summed E-state index contributed by atoms with van der Waals surface area (Å²) < 4.78 is 6.05. The summed E-state index contributed by atoms with van der Waals surface area (Å²) in [5.41, 5.74) is 1.48. The van der Waals surface area contributed by atoms with Crippen LogP contribution in [0.5, 0.6) is 5.88 Å². The van der Waals surface area contributed by atoms with E-state index in [0.717, 1.165) is 10.7 Å². The molecule has 2 rings (SSSR count). The Kier molecular flexibility index (Phi) is 3.76. The van der Waals surface area contributed by atoms with E-state index in [2.05, 4.69) is 59.2 Å². The molecule has 0 amide bonds. The third-order valence-electron chi connectivity index (χ3n) is 2.03. The molecule has 2 aromatic heterocycles. The molecule has 19 heavy (non-hydrogen) atoms. The van der Waals surface area contributed by atoms with Crippen molar-refractivity contribution in [2.75, 3.05) is 0 Å². The molecule has 2 heterocycles. The second kappa shape index (κ2) is 4.91. The lowest BCUT2D eigenvalue weighted by Gasteiger charge is -2.19. The second-order valence-electron chi connectivity index (χ2n) is 6.34. The zero-order chi connectivity index (χ0) is 14.3. The summed E-state index contributed by atoms with van der Waals surface area (Å²) in [6.45, 7) is 13.2. The number of fused-ring (bicyclic) bond motifs is 1. The Bertz CT molecular complexity index is 588. The molecule has 0 aliphatic carbocycles. The topological polar surface area (TPSA) is 63.7 Å². The van der Waals surface area contributed by atoms with Crippen molar-refractivity contribution in [1.82, 2.24) is 19.9 Å². The standard InChI is InChI=1S/C11H20N4OSSi2/c1-18(2,3)16-10-8-9(13-7-12-8)14-11(15-10)17-19(4,5)6/h7H,1-6H3,(H,12,13,14,15). The fraction of sp³-hybridized carbons (Fsp3) is 0.545. The predicted octanol–water partition coefficient (Wildman–Crippen LogP) is 3.49. The zero-order valence-electron chi connectivity index (χ0n) is 12.2. The minimum absolute atomic E-state index is 0.641. The lowest BCUT2D eigenvalue weighted by atomic mass is 10.5. The number of hydrogen-bond donors (Lipinski definition) is 1. The van der Waals surface area contributed by atoms with E-state index in [1.54, 1.807) is 17.5 Å². The molecule has 5 nitrogen and oxygen atoms in total.